The molecule has 0 saturated carbocycles. The SMILES string of the molecule is CC(=O)CC(C)=NCCN=Cc1cc(N=Nc2ccc(S(=O)(=O)Nc3ncccn3)cc2)ccc1O. The molecule has 0 amide bonds. The van der Waals surface area contributed by atoms with Crippen molar-refractivity contribution in [2.75, 3.05) is 17.8 Å². The van der Waals surface area contributed by atoms with Crippen molar-refractivity contribution in [1.29, 1.82) is 0 Å². The Morgan fingerprint density at radius 2 is 1.67 bits per heavy atom. The monoisotopic (exact) mass is 507 g/mol. The minimum absolute atomic E-state index is 0.0243. The first kappa shape index (κ1) is 26.3. The number of ketones is 1. The van der Waals surface area contributed by atoms with E-state index in [0.29, 0.717) is 36.4 Å². The van der Waals surface area contributed by atoms with Gasteiger partial charge in [-0.2, -0.15) is 10.2 Å². The number of rotatable bonds is 11. The zero-order valence-corrected chi connectivity index (χ0v) is 20.6. The van der Waals surface area contributed by atoms with E-state index in [0.717, 1.165) is 5.71 Å². The highest BCUT2D eigenvalue weighted by Crippen LogP contribution is 2.25. The number of hydrogen-bond donors (Lipinski definition) is 2. The Morgan fingerprint density at radius 3 is 2.36 bits per heavy atom. The molecule has 0 aliphatic rings. The lowest BCUT2D eigenvalue weighted by Gasteiger charge is -2.06. The minimum atomic E-state index is -3.84. The maximum Gasteiger partial charge on any atom is 0.264 e. The Kier molecular flexibility index (Phi) is 9.06. The van der Waals surface area contributed by atoms with Crippen molar-refractivity contribution in [2.24, 2.45) is 20.2 Å². The average molecular weight is 508 g/mol. The van der Waals surface area contributed by atoms with Gasteiger partial charge in [0.25, 0.3) is 10.0 Å². The molecule has 36 heavy (non-hydrogen) atoms. The first-order chi connectivity index (χ1) is 17.2. The highest BCUT2D eigenvalue weighted by molar-refractivity contribution is 7.92. The molecule has 1 aromatic heterocycles. The minimum Gasteiger partial charge on any atom is -0.507 e. The Bertz CT molecular complexity index is 1390. The number of carbonyl (C=O) groups excluding carboxylic acids is 1. The first-order valence-electron chi connectivity index (χ1n) is 10.9. The van der Waals surface area contributed by atoms with Gasteiger partial charge in [0.05, 0.1) is 29.4 Å². The van der Waals surface area contributed by atoms with Crippen molar-refractivity contribution in [3.63, 3.8) is 0 Å². The smallest absolute Gasteiger partial charge is 0.264 e. The average Bonchev–Trinajstić information content (AvgIpc) is 2.84. The van der Waals surface area contributed by atoms with E-state index < -0.39 is 10.0 Å². The number of phenols is 1. The molecule has 0 saturated heterocycles. The van der Waals surface area contributed by atoms with E-state index in [9.17, 15) is 18.3 Å². The van der Waals surface area contributed by atoms with Gasteiger partial charge in [-0.05, 0) is 62.4 Å². The second-order valence-electron chi connectivity index (χ2n) is 7.65. The molecule has 0 spiro atoms. The fraction of sp³-hybridized carbons (Fsp3) is 0.208. The number of nitrogens with one attached hydrogen (secondary N) is 1. The van der Waals surface area contributed by atoms with Crippen molar-refractivity contribution < 1.29 is 18.3 Å². The van der Waals surface area contributed by atoms with E-state index in [4.69, 9.17) is 0 Å². The third-order valence-corrected chi connectivity index (χ3v) is 5.92. The third kappa shape index (κ3) is 8.17. The molecule has 186 valence electrons. The van der Waals surface area contributed by atoms with Crippen molar-refractivity contribution in [2.45, 2.75) is 25.2 Å². The lowest BCUT2D eigenvalue weighted by molar-refractivity contribution is -0.115. The van der Waals surface area contributed by atoms with Gasteiger partial charge in [0.15, 0.2) is 0 Å². The zero-order valence-electron chi connectivity index (χ0n) is 19.7. The summed E-state index contributed by atoms with van der Waals surface area (Å²) < 4.78 is 27.2. The summed E-state index contributed by atoms with van der Waals surface area (Å²) in [7, 11) is -3.84. The fourth-order valence-electron chi connectivity index (χ4n) is 2.92. The number of aliphatic imine (C=N–C) groups is 2. The van der Waals surface area contributed by atoms with E-state index in [1.807, 2.05) is 0 Å². The maximum absolute atomic E-state index is 12.5. The number of nitrogens with zero attached hydrogens (tertiary/aromatic N) is 6. The third-order valence-electron chi connectivity index (χ3n) is 4.58. The molecule has 11 nitrogen and oxygen atoms in total. The Labute approximate surface area is 208 Å². The summed E-state index contributed by atoms with van der Waals surface area (Å²) in [6.45, 7) is 4.16. The van der Waals surface area contributed by atoms with E-state index in [1.54, 1.807) is 25.1 Å². The molecule has 1 heterocycles. The van der Waals surface area contributed by atoms with Crippen molar-refractivity contribution in [3.8, 4) is 5.75 Å². The predicted molar refractivity (Wildman–Crippen MR) is 137 cm³/mol. The summed E-state index contributed by atoms with van der Waals surface area (Å²) in [5.41, 5.74) is 2.14. The number of sulfonamides is 1. The van der Waals surface area contributed by atoms with Gasteiger partial charge < -0.3 is 5.11 Å². The quantitative estimate of drug-likeness (QED) is 0.224. The molecule has 0 atom stereocenters. The topological polar surface area (TPSA) is 159 Å². The number of phenolic OH excluding ortho intramolecular Hbond substituents is 1. The van der Waals surface area contributed by atoms with E-state index in [2.05, 4.69) is 34.9 Å². The van der Waals surface area contributed by atoms with Crippen molar-refractivity contribution in [1.82, 2.24) is 9.97 Å². The van der Waals surface area contributed by atoms with E-state index >= 15 is 0 Å². The molecule has 0 fully saturated rings. The number of carbonyl (C=O) groups is 1. The summed E-state index contributed by atoms with van der Waals surface area (Å²) in [6, 6.07) is 12.1. The van der Waals surface area contributed by atoms with Crippen LogP contribution in [0.3, 0.4) is 0 Å². The van der Waals surface area contributed by atoms with Gasteiger partial charge in [0.2, 0.25) is 5.95 Å². The van der Waals surface area contributed by atoms with Crippen LogP contribution in [0.15, 0.2) is 86.0 Å². The van der Waals surface area contributed by atoms with Crippen LogP contribution in [-0.2, 0) is 14.8 Å². The van der Waals surface area contributed by atoms with Crippen LogP contribution in [0.1, 0.15) is 25.8 Å². The van der Waals surface area contributed by atoms with Gasteiger partial charge >= 0.3 is 0 Å². The highest BCUT2D eigenvalue weighted by Gasteiger charge is 2.15. The van der Waals surface area contributed by atoms with Gasteiger partial charge in [-0.15, -0.1) is 0 Å². The molecule has 0 aliphatic heterocycles. The molecule has 0 radical (unpaired) electrons. The van der Waals surface area contributed by atoms with Crippen LogP contribution in [0.25, 0.3) is 0 Å². The summed E-state index contributed by atoms with van der Waals surface area (Å²) in [5, 5.41) is 18.3. The fourth-order valence-corrected chi connectivity index (χ4v) is 3.88. The molecular weight excluding hydrogens is 482 g/mol. The Morgan fingerprint density at radius 1 is 1.00 bits per heavy atom. The second kappa shape index (κ2) is 12.4. The van der Waals surface area contributed by atoms with Crippen molar-refractivity contribution >= 4 is 45.1 Å². The zero-order chi connectivity index (χ0) is 26.0. The molecule has 2 N–H and O–H groups in total. The summed E-state index contributed by atoms with van der Waals surface area (Å²) >= 11 is 0. The lowest BCUT2D eigenvalue weighted by atomic mass is 10.2. The number of Topliss-reactive ketones (excluding diaryl/α,β-unsaturated/α-hetero) is 1. The summed E-state index contributed by atoms with van der Waals surface area (Å²) in [5.74, 6) is 0.0778. The standard InChI is InChI=1S/C24H25N7O4S/c1-17(14-18(2)32)26-13-12-25-16-19-15-21(6-9-23(19)33)30-29-20-4-7-22(8-5-20)36(34,35)31-24-27-10-3-11-28-24/h3-11,15-16,33H,12-14H2,1-2H3,(H,27,28,31). The van der Waals surface area contributed by atoms with Crippen LogP contribution in [0.4, 0.5) is 17.3 Å². The summed E-state index contributed by atoms with van der Waals surface area (Å²) in [6.07, 6.45) is 4.72. The maximum atomic E-state index is 12.5. The molecule has 3 aromatic rings. The number of anilines is 1. The first-order valence-corrected chi connectivity index (χ1v) is 12.3. The Balaban J connectivity index is 1.62. The van der Waals surface area contributed by atoms with Crippen LogP contribution in [0.5, 0.6) is 5.75 Å². The number of aromatic nitrogens is 2. The van der Waals surface area contributed by atoms with Gasteiger partial charge in [-0.3, -0.25) is 14.8 Å². The second-order valence-corrected chi connectivity index (χ2v) is 9.33. The van der Waals surface area contributed by atoms with Crippen LogP contribution < -0.4 is 4.72 Å². The van der Waals surface area contributed by atoms with Gasteiger partial charge in [0.1, 0.15) is 11.5 Å². The van der Waals surface area contributed by atoms with Gasteiger partial charge in [0, 0.05) is 36.3 Å². The number of hydrogen-bond acceptors (Lipinski definition) is 10. The Hall–Kier alpha value is -4.32. The largest absolute Gasteiger partial charge is 0.507 e. The van der Waals surface area contributed by atoms with Crippen LogP contribution in [0, 0.1) is 0 Å². The molecule has 12 heteroatoms. The molecular formula is C24H25N7O4S. The lowest BCUT2D eigenvalue weighted by Crippen LogP contribution is -2.14. The van der Waals surface area contributed by atoms with E-state index in [-0.39, 0.29) is 22.4 Å². The van der Waals surface area contributed by atoms with Gasteiger partial charge in [-0.25, -0.2) is 23.1 Å². The molecule has 2 aromatic carbocycles. The van der Waals surface area contributed by atoms with Crippen LogP contribution in [0.2, 0.25) is 0 Å². The predicted octanol–water partition coefficient (Wildman–Crippen LogP) is 4.26. The molecule has 3 rings (SSSR count). The summed E-state index contributed by atoms with van der Waals surface area (Å²) in [4.78, 5) is 27.3. The molecule has 0 unspecified atom stereocenters. The van der Waals surface area contributed by atoms with E-state index in [1.165, 1.54) is 55.9 Å². The number of azo groups is 1. The van der Waals surface area contributed by atoms with Crippen LogP contribution in [-0.4, -0.2) is 54.3 Å². The van der Waals surface area contributed by atoms with Crippen LogP contribution >= 0.6 is 0 Å². The number of aromatic hydroxyl groups is 1. The molecule has 0 bridgehead atoms. The highest BCUT2D eigenvalue weighted by atomic mass is 32.2. The molecule has 0 aliphatic carbocycles. The normalized spacial score (nSPS) is 12.3. The van der Waals surface area contributed by atoms with Gasteiger partial charge in [-0.1, -0.05) is 0 Å². The van der Waals surface area contributed by atoms with Crippen molar-refractivity contribution in [3.05, 3.63) is 66.5 Å². The number of benzene rings is 2.